The van der Waals surface area contributed by atoms with Crippen molar-refractivity contribution in [2.75, 3.05) is 24.7 Å². The summed E-state index contributed by atoms with van der Waals surface area (Å²) in [6.07, 6.45) is 10.5. The summed E-state index contributed by atoms with van der Waals surface area (Å²) in [5.41, 5.74) is 1.09. The normalized spacial score (nSPS) is 25.2. The van der Waals surface area contributed by atoms with Crippen molar-refractivity contribution in [3.63, 3.8) is 0 Å². The zero-order valence-electron chi connectivity index (χ0n) is 25.1. The van der Waals surface area contributed by atoms with Gasteiger partial charge in [0.25, 0.3) is 5.97 Å². The van der Waals surface area contributed by atoms with E-state index >= 15 is 0 Å². The number of ether oxygens (including phenoxy) is 4. The average Bonchev–Trinajstić information content (AvgIpc) is 2.99. The van der Waals surface area contributed by atoms with E-state index in [2.05, 4.69) is 31.2 Å². The van der Waals surface area contributed by atoms with Crippen LogP contribution < -0.4 is 0 Å². The lowest BCUT2D eigenvalue weighted by atomic mass is 9.90. The number of rotatable bonds is 16. The Morgan fingerprint density at radius 2 is 1.41 bits per heavy atom. The summed E-state index contributed by atoms with van der Waals surface area (Å²) in [6, 6.07) is 20.5. The van der Waals surface area contributed by atoms with Crippen LogP contribution in [0.25, 0.3) is 0 Å². The fourth-order valence-corrected chi connectivity index (χ4v) is 7.20. The number of hydrogen-bond acceptors (Lipinski definition) is 6. The van der Waals surface area contributed by atoms with Crippen molar-refractivity contribution in [3.05, 3.63) is 71.8 Å². The van der Waals surface area contributed by atoms with Gasteiger partial charge in [-0.2, -0.15) is 0 Å². The van der Waals surface area contributed by atoms with Gasteiger partial charge in [0.1, 0.15) is 0 Å². The molecule has 6 nitrogen and oxygen atoms in total. The molecule has 2 aliphatic rings. The molecule has 0 amide bonds. The third-order valence-electron chi connectivity index (χ3n) is 8.45. The van der Waals surface area contributed by atoms with E-state index in [-0.39, 0.29) is 6.29 Å². The Bertz CT molecular complexity index is 1040. The molecule has 5 atom stereocenters. The highest BCUT2D eigenvalue weighted by Gasteiger charge is 2.41. The maximum absolute atomic E-state index is 12.9. The molecule has 4 rings (SSSR count). The molecule has 0 saturated carbocycles. The molecule has 2 aromatic rings. The summed E-state index contributed by atoms with van der Waals surface area (Å²) in [4.78, 5) is 0. The Morgan fingerprint density at radius 3 is 1.98 bits per heavy atom. The smallest absolute Gasteiger partial charge is 0.281 e. The van der Waals surface area contributed by atoms with Crippen molar-refractivity contribution < 1.29 is 28.3 Å². The molecule has 0 aliphatic carbocycles. The second kappa shape index (κ2) is 15.7. The fraction of sp³-hybridized carbons (Fsp3) is 0.647. The first-order valence-electron chi connectivity index (χ1n) is 15.6. The zero-order chi connectivity index (χ0) is 29.0. The molecule has 0 bridgehead atoms. The number of benzene rings is 2. The molecule has 2 saturated heterocycles. The maximum Gasteiger partial charge on any atom is 0.281 e. The SMILES string of the molecule is CC(CCCCS(=O)CCCCC(C)(OC1(O)CCCCO1)c1ccccc1)(OC1CCCCO1)c1ccccc1. The third kappa shape index (κ3) is 9.97. The lowest BCUT2D eigenvalue weighted by Gasteiger charge is -2.41. The Labute approximate surface area is 249 Å². The molecule has 0 spiro atoms. The largest absolute Gasteiger partial charge is 0.353 e. The van der Waals surface area contributed by atoms with Crippen molar-refractivity contribution in [1.82, 2.24) is 0 Å². The molecule has 41 heavy (non-hydrogen) atoms. The van der Waals surface area contributed by atoms with Crippen LogP contribution in [0, 0.1) is 0 Å². The molecule has 2 fully saturated rings. The number of hydrogen-bond donors (Lipinski definition) is 1. The molecular weight excluding hydrogens is 536 g/mol. The molecule has 0 aromatic heterocycles. The van der Waals surface area contributed by atoms with Gasteiger partial charge in [0.2, 0.25) is 0 Å². The summed E-state index contributed by atoms with van der Waals surface area (Å²) in [5.74, 6) is -0.175. The molecule has 2 heterocycles. The van der Waals surface area contributed by atoms with Crippen LogP contribution in [-0.4, -0.2) is 46.3 Å². The van der Waals surface area contributed by atoms with E-state index in [0.717, 1.165) is 82.8 Å². The monoisotopic (exact) mass is 586 g/mol. The standard InChI is InChI=1S/C34H50O6S/c1-32(29-17-5-3-6-18-29,39-31-21-9-13-25-37-31)22-11-15-27-41(36)28-16-12-23-33(2,30-19-7-4-8-20-30)40-34(35)24-10-14-26-38-34/h3-8,17-20,31,35H,9-16,21-28H2,1-2H3. The van der Waals surface area contributed by atoms with Crippen LogP contribution in [0.4, 0.5) is 0 Å². The minimum atomic E-state index is -1.55. The summed E-state index contributed by atoms with van der Waals surface area (Å²) >= 11 is 0. The van der Waals surface area contributed by atoms with Crippen LogP contribution in [0.2, 0.25) is 0 Å². The average molecular weight is 587 g/mol. The summed E-state index contributed by atoms with van der Waals surface area (Å²) < 4.78 is 37.3. The zero-order valence-corrected chi connectivity index (χ0v) is 25.9. The second-order valence-electron chi connectivity index (χ2n) is 12.0. The minimum Gasteiger partial charge on any atom is -0.353 e. The third-order valence-corrected chi connectivity index (χ3v) is 9.94. The van der Waals surface area contributed by atoms with Gasteiger partial charge in [0.05, 0.1) is 17.8 Å². The molecule has 2 aliphatic heterocycles. The van der Waals surface area contributed by atoms with Crippen molar-refractivity contribution in [3.8, 4) is 0 Å². The van der Waals surface area contributed by atoms with Crippen LogP contribution in [0.1, 0.15) is 102 Å². The highest BCUT2D eigenvalue weighted by Crippen LogP contribution is 2.38. The van der Waals surface area contributed by atoms with E-state index in [4.69, 9.17) is 18.9 Å². The topological polar surface area (TPSA) is 74.2 Å². The lowest BCUT2D eigenvalue weighted by Crippen LogP contribution is -2.45. The molecule has 5 unspecified atom stereocenters. The van der Waals surface area contributed by atoms with E-state index in [1.54, 1.807) is 0 Å². The Kier molecular flexibility index (Phi) is 12.4. The molecule has 1 N–H and O–H groups in total. The van der Waals surface area contributed by atoms with Crippen molar-refractivity contribution in [2.45, 2.75) is 114 Å². The Morgan fingerprint density at radius 1 is 0.829 bits per heavy atom. The van der Waals surface area contributed by atoms with E-state index in [1.165, 1.54) is 5.56 Å². The van der Waals surface area contributed by atoms with Gasteiger partial charge in [-0.1, -0.05) is 60.7 Å². The summed E-state index contributed by atoms with van der Waals surface area (Å²) in [5, 5.41) is 10.9. The van der Waals surface area contributed by atoms with Gasteiger partial charge in [-0.05, 0) is 95.6 Å². The Hall–Kier alpha value is -1.61. The maximum atomic E-state index is 12.9. The lowest BCUT2D eigenvalue weighted by molar-refractivity contribution is -0.408. The van der Waals surface area contributed by atoms with E-state index in [0.29, 0.717) is 24.5 Å². The van der Waals surface area contributed by atoms with Gasteiger partial charge in [-0.25, -0.2) is 0 Å². The molecule has 228 valence electrons. The summed E-state index contributed by atoms with van der Waals surface area (Å²) in [6.45, 7) is 5.46. The van der Waals surface area contributed by atoms with Crippen LogP contribution in [0.5, 0.6) is 0 Å². The predicted molar refractivity (Wildman–Crippen MR) is 164 cm³/mol. The van der Waals surface area contributed by atoms with E-state index in [9.17, 15) is 9.32 Å². The van der Waals surface area contributed by atoms with E-state index < -0.39 is 28.0 Å². The van der Waals surface area contributed by atoms with Crippen molar-refractivity contribution in [1.29, 1.82) is 0 Å². The van der Waals surface area contributed by atoms with E-state index in [1.807, 2.05) is 43.3 Å². The second-order valence-corrected chi connectivity index (χ2v) is 13.7. The first kappa shape index (κ1) is 32.3. The molecule has 0 radical (unpaired) electrons. The molecule has 7 heteroatoms. The Balaban J connectivity index is 1.22. The predicted octanol–water partition coefficient (Wildman–Crippen LogP) is 7.31. The molecule has 2 aromatic carbocycles. The van der Waals surface area contributed by atoms with Gasteiger partial charge in [-0.15, -0.1) is 0 Å². The van der Waals surface area contributed by atoms with Crippen LogP contribution in [0.15, 0.2) is 60.7 Å². The highest BCUT2D eigenvalue weighted by atomic mass is 32.2. The van der Waals surface area contributed by atoms with Gasteiger partial charge in [-0.3, -0.25) is 4.21 Å². The minimum absolute atomic E-state index is 0.154. The first-order chi connectivity index (χ1) is 19.8. The van der Waals surface area contributed by atoms with Crippen LogP contribution in [-0.2, 0) is 40.9 Å². The quantitative estimate of drug-likeness (QED) is 0.164. The van der Waals surface area contributed by atoms with Crippen LogP contribution >= 0.6 is 0 Å². The van der Waals surface area contributed by atoms with Crippen molar-refractivity contribution in [2.24, 2.45) is 0 Å². The first-order valence-corrected chi connectivity index (χ1v) is 17.1. The van der Waals surface area contributed by atoms with Crippen LogP contribution in [0.3, 0.4) is 0 Å². The number of unbranched alkanes of at least 4 members (excludes halogenated alkanes) is 2. The number of aliphatic hydroxyl groups is 1. The van der Waals surface area contributed by atoms with Gasteiger partial charge >= 0.3 is 0 Å². The highest BCUT2D eigenvalue weighted by molar-refractivity contribution is 7.84. The van der Waals surface area contributed by atoms with Crippen molar-refractivity contribution >= 4 is 10.8 Å². The summed E-state index contributed by atoms with van der Waals surface area (Å²) in [7, 11) is -0.867. The van der Waals surface area contributed by atoms with Gasteiger partial charge in [0.15, 0.2) is 6.29 Å². The van der Waals surface area contributed by atoms with Gasteiger partial charge < -0.3 is 24.1 Å². The molecular formula is C34H50O6S. The fourth-order valence-electron chi connectivity index (χ4n) is 5.94. The van der Waals surface area contributed by atoms with Gasteiger partial charge in [0, 0.05) is 35.3 Å².